The number of nitrogens with one attached hydrogen (secondary N) is 1. The second kappa shape index (κ2) is 6.25. The molecule has 0 atom stereocenters. The van der Waals surface area contributed by atoms with Gasteiger partial charge in [0.25, 0.3) is 0 Å². The van der Waals surface area contributed by atoms with Crippen LogP contribution in [0.1, 0.15) is 19.8 Å². The lowest BCUT2D eigenvalue weighted by Gasteiger charge is -2.30. The van der Waals surface area contributed by atoms with Gasteiger partial charge in [-0.2, -0.15) is 0 Å². The summed E-state index contributed by atoms with van der Waals surface area (Å²) in [6.45, 7) is 6.65. The zero-order valence-corrected chi connectivity index (χ0v) is 11.6. The van der Waals surface area contributed by atoms with E-state index in [4.69, 9.17) is 17.3 Å². The fourth-order valence-corrected chi connectivity index (χ4v) is 2.45. The summed E-state index contributed by atoms with van der Waals surface area (Å²) in [6.07, 6.45) is 2.62. The number of hydrogen-bond acceptors (Lipinski definition) is 4. The normalized spacial score (nSPS) is 17.9. The SMILES string of the molecule is CC1CCN(CCNc2cc(N)cc(Cl)n2)CC1. The minimum atomic E-state index is 0.435. The minimum Gasteiger partial charge on any atom is -0.399 e. The molecular formula is C13H21ClN4. The molecule has 1 aliphatic heterocycles. The first-order valence-corrected chi connectivity index (χ1v) is 6.90. The number of piperidine rings is 1. The van der Waals surface area contributed by atoms with Gasteiger partial charge < -0.3 is 16.0 Å². The molecule has 0 spiro atoms. The van der Waals surface area contributed by atoms with Crippen LogP contribution in [0.4, 0.5) is 11.5 Å². The molecule has 2 heterocycles. The molecule has 0 radical (unpaired) electrons. The van der Waals surface area contributed by atoms with Gasteiger partial charge in [-0.25, -0.2) is 4.98 Å². The summed E-state index contributed by atoms with van der Waals surface area (Å²) in [5, 5.41) is 3.70. The summed E-state index contributed by atoms with van der Waals surface area (Å²) >= 11 is 5.85. The molecule has 0 bridgehead atoms. The quantitative estimate of drug-likeness (QED) is 0.824. The van der Waals surface area contributed by atoms with Crippen molar-refractivity contribution in [2.24, 2.45) is 5.92 Å². The maximum absolute atomic E-state index is 5.85. The highest BCUT2D eigenvalue weighted by atomic mass is 35.5. The highest BCUT2D eigenvalue weighted by Crippen LogP contribution is 2.17. The molecule has 0 amide bonds. The zero-order valence-electron chi connectivity index (χ0n) is 10.8. The largest absolute Gasteiger partial charge is 0.399 e. The van der Waals surface area contributed by atoms with Crippen molar-refractivity contribution in [1.82, 2.24) is 9.88 Å². The van der Waals surface area contributed by atoms with Gasteiger partial charge in [0.1, 0.15) is 11.0 Å². The predicted molar refractivity (Wildman–Crippen MR) is 77.0 cm³/mol. The van der Waals surface area contributed by atoms with Gasteiger partial charge in [0.2, 0.25) is 0 Å². The fraction of sp³-hybridized carbons (Fsp3) is 0.615. The van der Waals surface area contributed by atoms with Gasteiger partial charge in [0.05, 0.1) is 0 Å². The lowest BCUT2D eigenvalue weighted by atomic mass is 9.99. The first kappa shape index (κ1) is 13.4. The maximum Gasteiger partial charge on any atom is 0.133 e. The monoisotopic (exact) mass is 268 g/mol. The van der Waals surface area contributed by atoms with Crippen molar-refractivity contribution in [3.63, 3.8) is 0 Å². The third-order valence-corrected chi connectivity index (χ3v) is 3.62. The molecule has 0 aliphatic carbocycles. The molecule has 1 saturated heterocycles. The summed E-state index contributed by atoms with van der Waals surface area (Å²) in [5.41, 5.74) is 6.36. The maximum atomic E-state index is 5.85. The molecule has 0 saturated carbocycles. The number of anilines is 2. The van der Waals surface area contributed by atoms with E-state index in [0.717, 1.165) is 24.8 Å². The number of halogens is 1. The van der Waals surface area contributed by atoms with E-state index in [0.29, 0.717) is 10.8 Å². The number of aromatic nitrogens is 1. The lowest BCUT2D eigenvalue weighted by Crippen LogP contribution is -2.36. The minimum absolute atomic E-state index is 0.435. The standard InChI is InChI=1S/C13H21ClN4/c1-10-2-5-18(6-3-10)7-4-16-13-9-11(15)8-12(14)17-13/h8-10H,2-7H2,1H3,(H3,15,16,17). The smallest absolute Gasteiger partial charge is 0.133 e. The molecule has 0 unspecified atom stereocenters. The Balaban J connectivity index is 1.74. The van der Waals surface area contributed by atoms with Gasteiger partial charge in [0.15, 0.2) is 0 Å². The Morgan fingerprint density at radius 1 is 1.44 bits per heavy atom. The molecule has 0 aromatic carbocycles. The van der Waals surface area contributed by atoms with Gasteiger partial charge in [0, 0.05) is 24.8 Å². The third-order valence-electron chi connectivity index (χ3n) is 3.43. The van der Waals surface area contributed by atoms with Crippen molar-refractivity contribution in [2.75, 3.05) is 37.2 Å². The number of rotatable bonds is 4. The Bertz CT molecular complexity index is 368. The van der Waals surface area contributed by atoms with Crippen LogP contribution in [0.2, 0.25) is 5.15 Å². The molecule has 18 heavy (non-hydrogen) atoms. The van der Waals surface area contributed by atoms with Crippen molar-refractivity contribution in [3.8, 4) is 0 Å². The van der Waals surface area contributed by atoms with E-state index in [2.05, 4.69) is 22.1 Å². The number of hydrogen-bond donors (Lipinski definition) is 2. The van der Waals surface area contributed by atoms with Crippen molar-refractivity contribution < 1.29 is 0 Å². The number of pyridine rings is 1. The van der Waals surface area contributed by atoms with Crippen molar-refractivity contribution in [3.05, 3.63) is 17.3 Å². The summed E-state index contributed by atoms with van der Waals surface area (Å²) in [5.74, 6) is 1.63. The molecule has 100 valence electrons. The second-order valence-electron chi connectivity index (χ2n) is 5.06. The highest BCUT2D eigenvalue weighted by molar-refractivity contribution is 6.29. The van der Waals surface area contributed by atoms with E-state index in [1.165, 1.54) is 25.9 Å². The van der Waals surface area contributed by atoms with Gasteiger partial charge in [-0.1, -0.05) is 18.5 Å². The van der Waals surface area contributed by atoms with Crippen molar-refractivity contribution in [1.29, 1.82) is 0 Å². The average Bonchev–Trinajstić information content (AvgIpc) is 2.30. The zero-order chi connectivity index (χ0) is 13.0. The molecular weight excluding hydrogens is 248 g/mol. The summed E-state index contributed by atoms with van der Waals surface area (Å²) in [4.78, 5) is 6.67. The van der Waals surface area contributed by atoms with Crippen molar-refractivity contribution in [2.45, 2.75) is 19.8 Å². The fourth-order valence-electron chi connectivity index (χ4n) is 2.23. The predicted octanol–water partition coefficient (Wildman–Crippen LogP) is 2.46. The van der Waals surface area contributed by atoms with Crippen LogP contribution in [-0.4, -0.2) is 36.1 Å². The Kier molecular flexibility index (Phi) is 4.66. The van der Waals surface area contributed by atoms with E-state index in [1.54, 1.807) is 6.07 Å². The number of nitrogens with zero attached hydrogens (tertiary/aromatic N) is 2. The molecule has 4 nitrogen and oxygen atoms in total. The van der Waals surface area contributed by atoms with Crippen LogP contribution in [-0.2, 0) is 0 Å². The Hall–Kier alpha value is -1.00. The highest BCUT2D eigenvalue weighted by Gasteiger charge is 2.14. The van der Waals surface area contributed by atoms with Crippen LogP contribution in [0.15, 0.2) is 12.1 Å². The Morgan fingerprint density at radius 2 is 2.17 bits per heavy atom. The molecule has 1 aromatic rings. The third kappa shape index (κ3) is 4.03. The van der Waals surface area contributed by atoms with Crippen LogP contribution >= 0.6 is 11.6 Å². The van der Waals surface area contributed by atoms with Crippen LogP contribution in [0.3, 0.4) is 0 Å². The van der Waals surface area contributed by atoms with E-state index in [1.807, 2.05) is 6.07 Å². The first-order valence-electron chi connectivity index (χ1n) is 6.53. The summed E-state index contributed by atoms with van der Waals surface area (Å²) in [7, 11) is 0. The molecule has 1 fully saturated rings. The van der Waals surface area contributed by atoms with Gasteiger partial charge in [-0.15, -0.1) is 0 Å². The Morgan fingerprint density at radius 3 is 2.83 bits per heavy atom. The number of nitrogens with two attached hydrogens (primary N) is 1. The van der Waals surface area contributed by atoms with E-state index in [9.17, 15) is 0 Å². The topological polar surface area (TPSA) is 54.2 Å². The lowest BCUT2D eigenvalue weighted by molar-refractivity contribution is 0.199. The van der Waals surface area contributed by atoms with Crippen LogP contribution in [0.25, 0.3) is 0 Å². The van der Waals surface area contributed by atoms with E-state index in [-0.39, 0.29) is 0 Å². The summed E-state index contributed by atoms with van der Waals surface area (Å²) < 4.78 is 0. The van der Waals surface area contributed by atoms with Gasteiger partial charge in [-0.3, -0.25) is 0 Å². The first-order chi connectivity index (χ1) is 8.63. The van der Waals surface area contributed by atoms with E-state index < -0.39 is 0 Å². The molecule has 1 aliphatic rings. The van der Waals surface area contributed by atoms with Gasteiger partial charge >= 0.3 is 0 Å². The van der Waals surface area contributed by atoms with Crippen LogP contribution in [0.5, 0.6) is 0 Å². The van der Waals surface area contributed by atoms with Crippen molar-refractivity contribution >= 4 is 23.1 Å². The average molecular weight is 269 g/mol. The number of likely N-dealkylation sites (tertiary alicyclic amines) is 1. The molecule has 2 rings (SSSR count). The van der Waals surface area contributed by atoms with E-state index >= 15 is 0 Å². The summed E-state index contributed by atoms with van der Waals surface area (Å²) in [6, 6.07) is 3.46. The number of nitrogen functional groups attached to an aromatic ring is 1. The van der Waals surface area contributed by atoms with Gasteiger partial charge in [-0.05, 0) is 37.9 Å². The Labute approximate surface area is 114 Å². The second-order valence-corrected chi connectivity index (χ2v) is 5.45. The van der Waals surface area contributed by atoms with Crippen LogP contribution < -0.4 is 11.1 Å². The van der Waals surface area contributed by atoms with Crippen LogP contribution in [0, 0.1) is 5.92 Å². The molecule has 1 aromatic heterocycles. The molecule has 3 N–H and O–H groups in total. The molecule has 5 heteroatoms.